The van der Waals surface area contributed by atoms with Crippen molar-refractivity contribution in [2.45, 2.75) is 83.6 Å². The molecular formula is C23H36ClNO3. The summed E-state index contributed by atoms with van der Waals surface area (Å²) in [6.07, 6.45) is 12.1. The maximum Gasteiger partial charge on any atom is 0.311 e. The summed E-state index contributed by atoms with van der Waals surface area (Å²) in [7, 11) is 2.16. The van der Waals surface area contributed by atoms with Crippen LogP contribution in [0, 0.1) is 0 Å². The Balaban J connectivity index is 1.73. The van der Waals surface area contributed by atoms with Gasteiger partial charge in [-0.2, -0.15) is 0 Å². The standard InChI is InChI=1S/C23H36ClNO3/c1-3-4-5-6-7-8-9-12-23(26)28-22-18-19(24)13-14-21(22)27-17-15-20-11-10-16-25(20)2/h13-14,18,20H,3-12,15-17H2,1-2H3. The molecule has 1 aliphatic rings. The number of benzene rings is 1. The maximum atomic E-state index is 12.2. The lowest BCUT2D eigenvalue weighted by molar-refractivity contribution is -0.134. The van der Waals surface area contributed by atoms with Crippen LogP contribution in [0.5, 0.6) is 11.5 Å². The van der Waals surface area contributed by atoms with Crippen molar-refractivity contribution in [3.8, 4) is 11.5 Å². The van der Waals surface area contributed by atoms with Crippen molar-refractivity contribution in [3.63, 3.8) is 0 Å². The van der Waals surface area contributed by atoms with Crippen LogP contribution >= 0.6 is 11.6 Å². The van der Waals surface area contributed by atoms with Gasteiger partial charge in [-0.25, -0.2) is 0 Å². The monoisotopic (exact) mass is 409 g/mol. The Morgan fingerprint density at radius 1 is 1.14 bits per heavy atom. The zero-order chi connectivity index (χ0) is 20.2. The Hall–Kier alpha value is -1.26. The quantitative estimate of drug-likeness (QED) is 0.219. The molecule has 1 aromatic carbocycles. The van der Waals surface area contributed by atoms with Gasteiger partial charge >= 0.3 is 5.97 Å². The van der Waals surface area contributed by atoms with Gasteiger partial charge in [0.15, 0.2) is 11.5 Å². The highest BCUT2D eigenvalue weighted by Crippen LogP contribution is 2.31. The van der Waals surface area contributed by atoms with Crippen LogP contribution < -0.4 is 9.47 Å². The van der Waals surface area contributed by atoms with E-state index in [0.29, 0.717) is 35.6 Å². The molecule has 0 radical (unpaired) electrons. The molecule has 1 saturated heterocycles. The van der Waals surface area contributed by atoms with E-state index in [0.717, 1.165) is 25.8 Å². The lowest BCUT2D eigenvalue weighted by Crippen LogP contribution is -2.26. The van der Waals surface area contributed by atoms with Gasteiger partial charge in [0.05, 0.1) is 6.61 Å². The molecule has 0 bridgehead atoms. The molecule has 1 aromatic rings. The second-order valence-electron chi connectivity index (χ2n) is 7.85. The number of carbonyl (C=O) groups excluding carboxylic acids is 1. The van der Waals surface area contributed by atoms with Crippen LogP contribution in [-0.2, 0) is 4.79 Å². The molecule has 5 heteroatoms. The largest absolute Gasteiger partial charge is 0.490 e. The summed E-state index contributed by atoms with van der Waals surface area (Å²) in [4.78, 5) is 14.6. The maximum absolute atomic E-state index is 12.2. The summed E-state index contributed by atoms with van der Waals surface area (Å²) in [6.45, 7) is 3.99. The van der Waals surface area contributed by atoms with Crippen LogP contribution in [-0.4, -0.2) is 37.1 Å². The zero-order valence-corrected chi connectivity index (χ0v) is 18.3. The highest BCUT2D eigenvalue weighted by Gasteiger charge is 2.20. The Morgan fingerprint density at radius 3 is 2.61 bits per heavy atom. The Bertz CT molecular complexity index is 593. The summed E-state index contributed by atoms with van der Waals surface area (Å²) in [5, 5.41) is 0.543. The molecule has 1 heterocycles. The first kappa shape index (κ1) is 23.0. The zero-order valence-electron chi connectivity index (χ0n) is 17.6. The number of rotatable bonds is 13. The predicted octanol–water partition coefficient (Wildman–Crippen LogP) is 6.25. The van der Waals surface area contributed by atoms with Gasteiger partial charge in [-0.15, -0.1) is 0 Å². The van der Waals surface area contributed by atoms with Gasteiger partial charge < -0.3 is 14.4 Å². The Labute approximate surface area is 175 Å². The van der Waals surface area contributed by atoms with Gasteiger partial charge in [0.1, 0.15) is 0 Å². The molecule has 0 N–H and O–H groups in total. The normalized spacial score (nSPS) is 17.0. The lowest BCUT2D eigenvalue weighted by Gasteiger charge is -2.19. The summed E-state index contributed by atoms with van der Waals surface area (Å²) in [5.41, 5.74) is 0. The van der Waals surface area contributed by atoms with Gasteiger partial charge in [0.2, 0.25) is 0 Å². The van der Waals surface area contributed by atoms with Crippen LogP contribution in [0.15, 0.2) is 18.2 Å². The minimum Gasteiger partial charge on any atom is -0.490 e. The molecule has 1 atom stereocenters. The van der Waals surface area contributed by atoms with Gasteiger partial charge in [0.25, 0.3) is 0 Å². The molecule has 2 rings (SSSR count). The molecule has 0 amide bonds. The molecule has 1 unspecified atom stereocenters. The van der Waals surface area contributed by atoms with E-state index in [-0.39, 0.29) is 5.97 Å². The number of esters is 1. The van der Waals surface area contributed by atoms with E-state index in [9.17, 15) is 4.79 Å². The number of ether oxygens (including phenoxy) is 2. The van der Waals surface area contributed by atoms with Crippen LogP contribution in [0.3, 0.4) is 0 Å². The number of carbonyl (C=O) groups is 1. The van der Waals surface area contributed by atoms with Crippen LogP contribution in [0.4, 0.5) is 0 Å². The van der Waals surface area contributed by atoms with Crippen molar-refractivity contribution in [1.82, 2.24) is 4.90 Å². The average molecular weight is 410 g/mol. The minimum atomic E-state index is -0.212. The molecule has 28 heavy (non-hydrogen) atoms. The molecule has 0 saturated carbocycles. The predicted molar refractivity (Wildman–Crippen MR) is 115 cm³/mol. The third-order valence-corrected chi connectivity index (χ3v) is 5.73. The molecular weight excluding hydrogens is 374 g/mol. The fourth-order valence-corrected chi connectivity index (χ4v) is 3.89. The van der Waals surface area contributed by atoms with Crippen molar-refractivity contribution in [1.29, 1.82) is 0 Å². The van der Waals surface area contributed by atoms with Crippen molar-refractivity contribution < 1.29 is 14.3 Å². The molecule has 0 spiro atoms. The summed E-state index contributed by atoms with van der Waals surface area (Å²) < 4.78 is 11.5. The summed E-state index contributed by atoms with van der Waals surface area (Å²) in [6, 6.07) is 5.81. The highest BCUT2D eigenvalue weighted by molar-refractivity contribution is 6.30. The number of unbranched alkanes of at least 4 members (excludes halogenated alkanes) is 6. The van der Waals surface area contributed by atoms with Crippen LogP contribution in [0.2, 0.25) is 5.02 Å². The third-order valence-electron chi connectivity index (χ3n) is 5.49. The van der Waals surface area contributed by atoms with E-state index in [1.807, 2.05) is 0 Å². The van der Waals surface area contributed by atoms with E-state index in [2.05, 4.69) is 18.9 Å². The number of hydrogen-bond acceptors (Lipinski definition) is 4. The lowest BCUT2D eigenvalue weighted by atomic mass is 10.1. The van der Waals surface area contributed by atoms with Gasteiger partial charge in [-0.05, 0) is 51.4 Å². The van der Waals surface area contributed by atoms with E-state index in [1.54, 1.807) is 18.2 Å². The number of halogens is 1. The second kappa shape index (κ2) is 13.1. The van der Waals surface area contributed by atoms with Gasteiger partial charge in [-0.3, -0.25) is 4.79 Å². The molecule has 4 nitrogen and oxygen atoms in total. The third kappa shape index (κ3) is 8.40. The second-order valence-corrected chi connectivity index (χ2v) is 8.29. The Morgan fingerprint density at radius 2 is 1.89 bits per heavy atom. The molecule has 158 valence electrons. The van der Waals surface area contributed by atoms with Crippen molar-refractivity contribution in [3.05, 3.63) is 23.2 Å². The average Bonchev–Trinajstić information content (AvgIpc) is 3.07. The van der Waals surface area contributed by atoms with E-state index >= 15 is 0 Å². The first-order chi connectivity index (χ1) is 13.6. The molecule has 1 aliphatic heterocycles. The minimum absolute atomic E-state index is 0.212. The first-order valence-corrected chi connectivity index (χ1v) is 11.3. The van der Waals surface area contributed by atoms with Gasteiger partial charge in [0, 0.05) is 23.6 Å². The van der Waals surface area contributed by atoms with E-state index in [1.165, 1.54) is 44.9 Å². The molecule has 1 fully saturated rings. The number of hydrogen-bond donors (Lipinski definition) is 0. The molecule has 0 aromatic heterocycles. The smallest absolute Gasteiger partial charge is 0.311 e. The van der Waals surface area contributed by atoms with E-state index in [4.69, 9.17) is 21.1 Å². The SMILES string of the molecule is CCCCCCCCCC(=O)Oc1cc(Cl)ccc1OCCC1CCCN1C. The fraction of sp³-hybridized carbons (Fsp3) is 0.696. The van der Waals surface area contributed by atoms with Crippen molar-refractivity contribution in [2.75, 3.05) is 20.2 Å². The summed E-state index contributed by atoms with van der Waals surface area (Å²) in [5.74, 6) is 0.814. The van der Waals surface area contributed by atoms with Crippen molar-refractivity contribution in [2.24, 2.45) is 0 Å². The van der Waals surface area contributed by atoms with E-state index < -0.39 is 0 Å². The van der Waals surface area contributed by atoms with Crippen LogP contribution in [0.1, 0.15) is 77.6 Å². The number of nitrogens with zero attached hydrogens (tertiary/aromatic N) is 1. The van der Waals surface area contributed by atoms with Crippen LogP contribution in [0.25, 0.3) is 0 Å². The van der Waals surface area contributed by atoms with Crippen molar-refractivity contribution >= 4 is 17.6 Å². The first-order valence-electron chi connectivity index (χ1n) is 10.9. The highest BCUT2D eigenvalue weighted by atomic mass is 35.5. The fourth-order valence-electron chi connectivity index (χ4n) is 3.73. The number of likely N-dealkylation sites (tertiary alicyclic amines) is 1. The summed E-state index contributed by atoms with van der Waals surface area (Å²) >= 11 is 6.09. The van der Waals surface area contributed by atoms with Gasteiger partial charge in [-0.1, -0.05) is 57.0 Å². The Kier molecular flexibility index (Phi) is 10.7. The topological polar surface area (TPSA) is 38.8 Å². The molecule has 0 aliphatic carbocycles.